The number of aromatic nitrogens is 2. The van der Waals surface area contributed by atoms with Crippen LogP contribution in [0, 0.1) is 5.41 Å². The molecule has 5 rings (SSSR count). The first kappa shape index (κ1) is 17.2. The Morgan fingerprint density at radius 2 is 2.04 bits per heavy atom. The van der Waals surface area contributed by atoms with Gasteiger partial charge in [0.05, 0.1) is 0 Å². The summed E-state index contributed by atoms with van der Waals surface area (Å²) in [5.74, 6) is 1.14. The van der Waals surface area contributed by atoms with Crippen molar-refractivity contribution in [3.05, 3.63) is 57.6 Å². The van der Waals surface area contributed by atoms with Gasteiger partial charge in [0.15, 0.2) is 11.5 Å². The summed E-state index contributed by atoms with van der Waals surface area (Å²) in [4.78, 5) is 21.0. The maximum Gasteiger partial charge on any atom is 0.251 e. The zero-order valence-corrected chi connectivity index (χ0v) is 16.8. The number of amides is 1. The van der Waals surface area contributed by atoms with E-state index in [9.17, 15) is 4.79 Å². The third-order valence-corrected chi connectivity index (χ3v) is 6.43. The topological polar surface area (TPSA) is 68.0 Å². The highest BCUT2D eigenvalue weighted by atomic mass is 79.9. The van der Waals surface area contributed by atoms with E-state index in [1.807, 2.05) is 18.2 Å². The average Bonchev–Trinajstić information content (AvgIpc) is 2.98. The van der Waals surface area contributed by atoms with E-state index < -0.39 is 0 Å². The van der Waals surface area contributed by atoms with E-state index in [1.54, 1.807) is 18.3 Å². The van der Waals surface area contributed by atoms with Crippen molar-refractivity contribution < 1.29 is 9.21 Å². The number of rotatable bonds is 3. The number of nitrogens with zero attached hydrogens (tertiary/aromatic N) is 2. The number of halogens is 2. The predicted octanol–water partition coefficient (Wildman–Crippen LogP) is 5.09. The minimum atomic E-state index is -0.0374. The van der Waals surface area contributed by atoms with Crippen molar-refractivity contribution in [2.75, 3.05) is 0 Å². The molecule has 5 nitrogen and oxygen atoms in total. The second-order valence-corrected chi connectivity index (χ2v) is 8.96. The Hall–Kier alpha value is -1.92. The summed E-state index contributed by atoms with van der Waals surface area (Å²) in [7, 11) is 0. The Morgan fingerprint density at radius 3 is 2.81 bits per heavy atom. The molecule has 1 amide bonds. The molecule has 2 aliphatic carbocycles. The molecule has 2 fully saturated rings. The smallest absolute Gasteiger partial charge is 0.251 e. The van der Waals surface area contributed by atoms with Crippen LogP contribution in [0.2, 0.25) is 5.02 Å². The lowest BCUT2D eigenvalue weighted by Gasteiger charge is -2.57. The fourth-order valence-corrected chi connectivity index (χ4v) is 5.02. The monoisotopic (exact) mass is 445 g/mol. The molecule has 0 aliphatic heterocycles. The molecule has 0 bridgehead atoms. The quantitative estimate of drug-likeness (QED) is 0.569. The molecule has 0 atom stereocenters. The number of pyridine rings is 1. The lowest BCUT2D eigenvalue weighted by Crippen LogP contribution is -2.55. The number of carbonyl (C=O) groups is 1. The van der Waals surface area contributed by atoms with Gasteiger partial charge in [0.2, 0.25) is 0 Å². The van der Waals surface area contributed by atoms with Crippen LogP contribution in [0.3, 0.4) is 0 Å². The first-order chi connectivity index (χ1) is 13.0. The van der Waals surface area contributed by atoms with Crippen molar-refractivity contribution in [1.29, 1.82) is 0 Å². The molecule has 138 valence electrons. The number of hydrogen-bond donors (Lipinski definition) is 1. The van der Waals surface area contributed by atoms with E-state index in [0.29, 0.717) is 26.5 Å². The van der Waals surface area contributed by atoms with E-state index in [2.05, 4.69) is 31.2 Å². The van der Waals surface area contributed by atoms with Crippen molar-refractivity contribution in [2.24, 2.45) is 5.41 Å². The van der Waals surface area contributed by atoms with Gasteiger partial charge in [-0.1, -0.05) is 11.6 Å². The highest BCUT2D eigenvalue weighted by molar-refractivity contribution is 9.10. The molecular weight excluding hydrogens is 430 g/mol. The number of oxazole rings is 1. The maximum atomic E-state index is 12.3. The van der Waals surface area contributed by atoms with Crippen molar-refractivity contribution in [3.63, 3.8) is 0 Å². The van der Waals surface area contributed by atoms with Crippen LogP contribution in [0.15, 0.2) is 45.5 Å². The normalized spacial score (nSPS) is 26.6. The summed E-state index contributed by atoms with van der Waals surface area (Å²) in [5, 5.41) is 3.80. The van der Waals surface area contributed by atoms with Crippen LogP contribution in [0.5, 0.6) is 0 Å². The molecular formula is C20H17BrClN3O2. The van der Waals surface area contributed by atoms with Crippen molar-refractivity contribution >= 4 is 44.5 Å². The molecule has 7 heteroatoms. The van der Waals surface area contributed by atoms with Gasteiger partial charge in [0.25, 0.3) is 5.91 Å². The molecule has 1 N–H and O–H groups in total. The van der Waals surface area contributed by atoms with Gasteiger partial charge in [-0.05, 0) is 77.4 Å². The molecule has 0 unspecified atom stereocenters. The minimum absolute atomic E-state index is 0.0374. The molecule has 0 radical (unpaired) electrons. The van der Waals surface area contributed by atoms with E-state index in [0.717, 1.165) is 42.7 Å². The highest BCUT2D eigenvalue weighted by Crippen LogP contribution is 2.61. The number of benzene rings is 1. The third kappa shape index (κ3) is 3.15. The number of fused-ring (bicyclic) bond motifs is 1. The Labute approximate surface area is 169 Å². The first-order valence-corrected chi connectivity index (χ1v) is 10.2. The van der Waals surface area contributed by atoms with Gasteiger partial charge in [-0.3, -0.25) is 4.79 Å². The van der Waals surface area contributed by atoms with Crippen LogP contribution in [0.1, 0.15) is 47.8 Å². The molecule has 2 saturated carbocycles. The standard InChI is InChI=1S/C20H17BrClN3O2/c21-17-5-11(3-4-23-17)18(26)24-14-9-20(10-14)7-12(8-20)19-25-15-6-13(22)1-2-16(15)27-19/h1-6,12,14H,7-10H2,(H,24,26). The fourth-order valence-electron chi connectivity index (χ4n) is 4.49. The lowest BCUT2D eigenvalue weighted by molar-refractivity contribution is -0.0253. The molecule has 27 heavy (non-hydrogen) atoms. The molecule has 0 saturated heterocycles. The summed E-state index contributed by atoms with van der Waals surface area (Å²) < 4.78 is 6.57. The zero-order valence-electron chi connectivity index (χ0n) is 14.4. The van der Waals surface area contributed by atoms with Crippen molar-refractivity contribution in [2.45, 2.75) is 37.6 Å². The Kier molecular flexibility index (Phi) is 4.02. The summed E-state index contributed by atoms with van der Waals surface area (Å²) in [6.45, 7) is 0. The van der Waals surface area contributed by atoms with Crippen molar-refractivity contribution in [1.82, 2.24) is 15.3 Å². The van der Waals surface area contributed by atoms with Gasteiger partial charge >= 0.3 is 0 Å². The minimum Gasteiger partial charge on any atom is -0.440 e. The highest BCUT2D eigenvalue weighted by Gasteiger charge is 2.54. The van der Waals surface area contributed by atoms with Gasteiger partial charge in [0, 0.05) is 28.7 Å². The number of carbonyl (C=O) groups excluding carboxylic acids is 1. The van der Waals surface area contributed by atoms with Gasteiger partial charge in [-0.25, -0.2) is 9.97 Å². The molecule has 1 spiro atoms. The van der Waals surface area contributed by atoms with Crippen LogP contribution in [-0.4, -0.2) is 21.9 Å². The van der Waals surface area contributed by atoms with E-state index >= 15 is 0 Å². The summed E-state index contributed by atoms with van der Waals surface area (Å²) in [6.07, 6.45) is 5.81. The summed E-state index contributed by atoms with van der Waals surface area (Å²) in [6, 6.07) is 9.24. The second-order valence-electron chi connectivity index (χ2n) is 7.72. The Bertz CT molecular complexity index is 1040. The Balaban J connectivity index is 1.18. The SMILES string of the molecule is O=C(NC1CC2(C1)CC(c1nc3cc(Cl)ccc3o1)C2)c1ccnc(Br)c1. The van der Waals surface area contributed by atoms with Crippen LogP contribution in [0.4, 0.5) is 0 Å². The van der Waals surface area contributed by atoms with Crippen LogP contribution < -0.4 is 5.32 Å². The van der Waals surface area contributed by atoms with E-state index in [1.165, 1.54) is 0 Å². The number of nitrogens with one attached hydrogen (secondary N) is 1. The Morgan fingerprint density at radius 1 is 1.22 bits per heavy atom. The van der Waals surface area contributed by atoms with E-state index in [4.69, 9.17) is 16.0 Å². The average molecular weight is 447 g/mol. The largest absolute Gasteiger partial charge is 0.440 e. The fraction of sp³-hybridized carbons (Fsp3) is 0.350. The lowest BCUT2D eigenvalue weighted by atomic mass is 9.50. The molecule has 1 aromatic carbocycles. The molecule has 2 aromatic heterocycles. The van der Waals surface area contributed by atoms with Crippen LogP contribution >= 0.6 is 27.5 Å². The molecule has 3 aromatic rings. The first-order valence-electron chi connectivity index (χ1n) is 8.98. The maximum absolute atomic E-state index is 12.3. The van der Waals surface area contributed by atoms with Gasteiger partial charge in [-0.2, -0.15) is 0 Å². The van der Waals surface area contributed by atoms with E-state index in [-0.39, 0.29) is 11.9 Å². The van der Waals surface area contributed by atoms with Gasteiger partial charge in [0.1, 0.15) is 10.1 Å². The van der Waals surface area contributed by atoms with Crippen LogP contribution in [-0.2, 0) is 0 Å². The zero-order chi connectivity index (χ0) is 18.6. The molecule has 2 aliphatic rings. The number of hydrogen-bond acceptors (Lipinski definition) is 4. The summed E-state index contributed by atoms with van der Waals surface area (Å²) in [5.41, 5.74) is 2.58. The third-order valence-electron chi connectivity index (χ3n) is 5.76. The summed E-state index contributed by atoms with van der Waals surface area (Å²) >= 11 is 9.32. The predicted molar refractivity (Wildman–Crippen MR) is 106 cm³/mol. The van der Waals surface area contributed by atoms with Gasteiger partial charge < -0.3 is 9.73 Å². The van der Waals surface area contributed by atoms with Gasteiger partial charge in [-0.15, -0.1) is 0 Å². The van der Waals surface area contributed by atoms with Crippen LogP contribution in [0.25, 0.3) is 11.1 Å². The second kappa shape index (κ2) is 6.31. The van der Waals surface area contributed by atoms with Crippen molar-refractivity contribution in [3.8, 4) is 0 Å². The molecule has 2 heterocycles.